The van der Waals surface area contributed by atoms with Gasteiger partial charge in [0.15, 0.2) is 0 Å². The molecule has 0 rings (SSSR count). The molecule has 3 heteroatoms. The summed E-state index contributed by atoms with van der Waals surface area (Å²) in [5, 5.41) is 0. The number of ether oxygens (including phenoxy) is 1. The minimum Gasteiger partial charge on any atom is -0.374 e. The van der Waals surface area contributed by atoms with E-state index in [1.807, 2.05) is 27.7 Å². The van der Waals surface area contributed by atoms with Crippen LogP contribution in [0.15, 0.2) is 0 Å². The van der Waals surface area contributed by atoms with Gasteiger partial charge in [-0.3, -0.25) is 0 Å². The number of carbonyl (C=O) groups excluding carboxylic acids is 1. The Balaban J connectivity index is 3.89. The summed E-state index contributed by atoms with van der Waals surface area (Å²) >= 11 is 0. The first kappa shape index (κ1) is 13.6. The lowest BCUT2D eigenvalue weighted by Crippen LogP contribution is -2.41. The van der Waals surface area contributed by atoms with E-state index in [0.717, 1.165) is 6.42 Å². The summed E-state index contributed by atoms with van der Waals surface area (Å²) in [6.45, 7) is 9.94. The van der Waals surface area contributed by atoms with Gasteiger partial charge in [0.05, 0.1) is 12.2 Å². The van der Waals surface area contributed by atoms with Crippen LogP contribution in [0.2, 0.25) is 0 Å². The van der Waals surface area contributed by atoms with Gasteiger partial charge in [-0.05, 0) is 41.0 Å². The third kappa shape index (κ3) is 8.20. The molecule has 0 saturated heterocycles. The molecule has 0 radical (unpaired) electrons. The molecular weight excluding hydrogens is 178 g/mol. The molecule has 0 spiro atoms. The summed E-state index contributed by atoms with van der Waals surface area (Å²) < 4.78 is 5.67. The maximum atomic E-state index is 10.8. The molecule has 0 saturated carbocycles. The topological polar surface area (TPSA) is 52.3 Å². The van der Waals surface area contributed by atoms with Crippen molar-refractivity contribution in [3.63, 3.8) is 0 Å². The molecule has 0 aromatic carbocycles. The Labute approximate surface area is 87.0 Å². The number of rotatable bonds is 6. The van der Waals surface area contributed by atoms with E-state index in [4.69, 9.17) is 10.5 Å². The minimum atomic E-state index is -0.312. The van der Waals surface area contributed by atoms with Gasteiger partial charge < -0.3 is 15.3 Å². The van der Waals surface area contributed by atoms with Crippen LogP contribution in [-0.4, -0.2) is 23.5 Å². The summed E-state index contributed by atoms with van der Waals surface area (Å²) in [5.74, 6) is 0.202. The number of nitrogens with two attached hydrogens (primary N) is 1. The zero-order valence-corrected chi connectivity index (χ0v) is 10.0. The third-order valence-electron chi connectivity index (χ3n) is 1.91. The van der Waals surface area contributed by atoms with Crippen molar-refractivity contribution in [2.75, 3.05) is 6.61 Å². The Hall–Kier alpha value is -0.410. The standard InChI is InChI=1S/C11H23NO2/c1-9(13)6-7-11(4,5)14-8-10(2,3)12/h6-8,12H2,1-5H3. The molecule has 0 aliphatic heterocycles. The largest absolute Gasteiger partial charge is 0.374 e. The molecule has 0 heterocycles. The van der Waals surface area contributed by atoms with E-state index in [0.29, 0.717) is 13.0 Å². The fraction of sp³-hybridized carbons (Fsp3) is 0.909. The lowest BCUT2D eigenvalue weighted by atomic mass is 10.0. The van der Waals surface area contributed by atoms with Gasteiger partial charge >= 0.3 is 0 Å². The van der Waals surface area contributed by atoms with Crippen molar-refractivity contribution in [1.29, 1.82) is 0 Å². The Bertz CT molecular complexity index is 192. The van der Waals surface area contributed by atoms with Gasteiger partial charge in [0, 0.05) is 12.0 Å². The predicted molar refractivity (Wildman–Crippen MR) is 58.2 cm³/mol. The zero-order chi connectivity index (χ0) is 11.4. The SMILES string of the molecule is CC(=O)CCC(C)(C)OCC(C)(C)N. The van der Waals surface area contributed by atoms with Gasteiger partial charge in [0.2, 0.25) is 0 Å². The van der Waals surface area contributed by atoms with E-state index in [1.165, 1.54) is 0 Å². The molecule has 0 aromatic rings. The summed E-state index contributed by atoms with van der Waals surface area (Å²) in [5.41, 5.74) is 5.23. The van der Waals surface area contributed by atoms with Crippen molar-refractivity contribution < 1.29 is 9.53 Å². The number of Topliss-reactive ketones (excluding diaryl/α,β-unsaturated/α-hetero) is 1. The van der Waals surface area contributed by atoms with Crippen LogP contribution in [0.4, 0.5) is 0 Å². The molecule has 0 bridgehead atoms. The molecule has 0 atom stereocenters. The van der Waals surface area contributed by atoms with Crippen molar-refractivity contribution >= 4 is 5.78 Å². The molecule has 84 valence electrons. The van der Waals surface area contributed by atoms with Crippen LogP contribution in [0.5, 0.6) is 0 Å². The Morgan fingerprint density at radius 2 is 1.79 bits per heavy atom. The smallest absolute Gasteiger partial charge is 0.129 e. The van der Waals surface area contributed by atoms with E-state index >= 15 is 0 Å². The highest BCUT2D eigenvalue weighted by Gasteiger charge is 2.22. The number of ketones is 1. The summed E-state index contributed by atoms with van der Waals surface area (Å²) in [4.78, 5) is 10.8. The van der Waals surface area contributed by atoms with Crippen molar-refractivity contribution in [3.8, 4) is 0 Å². The van der Waals surface area contributed by atoms with E-state index in [1.54, 1.807) is 6.92 Å². The van der Waals surface area contributed by atoms with Crippen molar-refractivity contribution in [2.24, 2.45) is 5.73 Å². The zero-order valence-electron chi connectivity index (χ0n) is 10.0. The Morgan fingerprint density at radius 1 is 1.29 bits per heavy atom. The van der Waals surface area contributed by atoms with Gasteiger partial charge in [-0.1, -0.05) is 0 Å². The molecule has 14 heavy (non-hydrogen) atoms. The van der Waals surface area contributed by atoms with Gasteiger partial charge in [-0.2, -0.15) is 0 Å². The number of hydrogen-bond donors (Lipinski definition) is 1. The molecule has 0 amide bonds. The summed E-state index contributed by atoms with van der Waals surface area (Å²) in [6, 6.07) is 0. The van der Waals surface area contributed by atoms with E-state index in [9.17, 15) is 4.79 Å². The fourth-order valence-electron chi connectivity index (χ4n) is 0.931. The summed E-state index contributed by atoms with van der Waals surface area (Å²) in [6.07, 6.45) is 1.32. The lowest BCUT2D eigenvalue weighted by Gasteiger charge is -2.29. The highest BCUT2D eigenvalue weighted by Crippen LogP contribution is 2.18. The molecule has 0 aliphatic carbocycles. The highest BCUT2D eigenvalue weighted by atomic mass is 16.5. The average molecular weight is 201 g/mol. The fourth-order valence-corrected chi connectivity index (χ4v) is 0.931. The first-order chi connectivity index (χ1) is 6.12. The third-order valence-corrected chi connectivity index (χ3v) is 1.91. The quantitative estimate of drug-likeness (QED) is 0.714. The van der Waals surface area contributed by atoms with Crippen LogP contribution in [0, 0.1) is 0 Å². The van der Waals surface area contributed by atoms with E-state index < -0.39 is 0 Å². The van der Waals surface area contributed by atoms with Gasteiger partial charge in [-0.25, -0.2) is 0 Å². The monoisotopic (exact) mass is 201 g/mol. The second-order valence-electron chi connectivity index (χ2n) is 5.24. The molecule has 0 fully saturated rings. The highest BCUT2D eigenvalue weighted by molar-refractivity contribution is 5.75. The molecule has 3 nitrogen and oxygen atoms in total. The van der Waals surface area contributed by atoms with E-state index in [2.05, 4.69) is 0 Å². The molecule has 2 N–H and O–H groups in total. The van der Waals surface area contributed by atoms with Crippen LogP contribution >= 0.6 is 0 Å². The Morgan fingerprint density at radius 3 is 2.14 bits per heavy atom. The van der Waals surface area contributed by atoms with Crippen molar-refractivity contribution in [1.82, 2.24) is 0 Å². The van der Waals surface area contributed by atoms with Crippen LogP contribution in [0.3, 0.4) is 0 Å². The second kappa shape index (κ2) is 4.89. The van der Waals surface area contributed by atoms with Crippen LogP contribution in [-0.2, 0) is 9.53 Å². The predicted octanol–water partition coefficient (Wildman–Crippen LogP) is 1.89. The molecule has 0 unspecified atom stereocenters. The first-order valence-corrected chi connectivity index (χ1v) is 5.05. The molecular formula is C11H23NO2. The van der Waals surface area contributed by atoms with Crippen LogP contribution in [0.1, 0.15) is 47.5 Å². The molecule has 0 aromatic heterocycles. The maximum absolute atomic E-state index is 10.8. The van der Waals surface area contributed by atoms with E-state index in [-0.39, 0.29) is 16.9 Å². The first-order valence-electron chi connectivity index (χ1n) is 5.05. The van der Waals surface area contributed by atoms with Gasteiger partial charge in [0.25, 0.3) is 0 Å². The average Bonchev–Trinajstić information content (AvgIpc) is 1.97. The Kier molecular flexibility index (Phi) is 4.75. The summed E-state index contributed by atoms with van der Waals surface area (Å²) in [7, 11) is 0. The van der Waals surface area contributed by atoms with Crippen molar-refractivity contribution in [2.45, 2.75) is 58.6 Å². The minimum absolute atomic E-state index is 0.202. The maximum Gasteiger partial charge on any atom is 0.129 e. The number of hydrogen-bond acceptors (Lipinski definition) is 3. The van der Waals surface area contributed by atoms with Gasteiger partial charge in [0.1, 0.15) is 5.78 Å². The second-order valence-corrected chi connectivity index (χ2v) is 5.24. The number of carbonyl (C=O) groups is 1. The lowest BCUT2D eigenvalue weighted by molar-refractivity contribution is -0.119. The van der Waals surface area contributed by atoms with Gasteiger partial charge in [-0.15, -0.1) is 0 Å². The van der Waals surface area contributed by atoms with Crippen LogP contribution in [0.25, 0.3) is 0 Å². The van der Waals surface area contributed by atoms with Crippen molar-refractivity contribution in [3.05, 3.63) is 0 Å². The normalized spacial score (nSPS) is 13.0. The van der Waals surface area contributed by atoms with Crippen LogP contribution < -0.4 is 5.73 Å². The molecule has 0 aliphatic rings.